The van der Waals surface area contributed by atoms with E-state index in [9.17, 15) is 13.2 Å². The monoisotopic (exact) mass is 346 g/mol. The van der Waals surface area contributed by atoms with Gasteiger partial charge in [-0.3, -0.25) is 4.79 Å². The first-order valence-electron chi connectivity index (χ1n) is 7.60. The van der Waals surface area contributed by atoms with E-state index in [-0.39, 0.29) is 17.3 Å². The second-order valence-electron chi connectivity index (χ2n) is 5.94. The molecule has 24 heavy (non-hydrogen) atoms. The summed E-state index contributed by atoms with van der Waals surface area (Å²) in [6.07, 6.45) is 0. The molecule has 1 N–H and O–H groups in total. The Morgan fingerprint density at radius 3 is 2.21 bits per heavy atom. The summed E-state index contributed by atoms with van der Waals surface area (Å²) in [6, 6.07) is 12.6. The predicted molar refractivity (Wildman–Crippen MR) is 95.5 cm³/mol. The van der Waals surface area contributed by atoms with Crippen molar-refractivity contribution in [1.29, 1.82) is 0 Å². The summed E-state index contributed by atoms with van der Waals surface area (Å²) in [5.74, 6) is -0.379. The molecule has 0 aliphatic carbocycles. The molecule has 0 bridgehead atoms. The Morgan fingerprint density at radius 2 is 1.58 bits per heavy atom. The molecule has 1 amide bonds. The Balaban J connectivity index is 2.12. The Morgan fingerprint density at radius 1 is 1.00 bits per heavy atom. The number of aryl methyl sites for hydroxylation is 3. The lowest BCUT2D eigenvalue weighted by molar-refractivity contribution is -0.116. The number of nitrogens with one attached hydrogen (secondary N) is 1. The fourth-order valence-corrected chi connectivity index (χ4v) is 3.71. The van der Waals surface area contributed by atoms with Gasteiger partial charge in [0, 0.05) is 12.7 Å². The average molecular weight is 346 g/mol. The fraction of sp³-hybridized carbons (Fsp3) is 0.278. The molecule has 0 heterocycles. The van der Waals surface area contributed by atoms with E-state index in [0.29, 0.717) is 11.3 Å². The minimum absolute atomic E-state index is 0.230. The van der Waals surface area contributed by atoms with Crippen LogP contribution in [-0.2, 0) is 14.8 Å². The van der Waals surface area contributed by atoms with Gasteiger partial charge in [-0.1, -0.05) is 29.8 Å². The molecule has 5 nitrogen and oxygen atoms in total. The second kappa shape index (κ2) is 7.15. The maximum Gasteiger partial charge on any atom is 0.243 e. The summed E-state index contributed by atoms with van der Waals surface area (Å²) >= 11 is 0. The molecule has 0 spiro atoms. The van der Waals surface area contributed by atoms with Crippen molar-refractivity contribution in [2.24, 2.45) is 0 Å². The third kappa shape index (κ3) is 4.21. The van der Waals surface area contributed by atoms with Crippen LogP contribution in [0.4, 0.5) is 5.69 Å². The van der Waals surface area contributed by atoms with E-state index in [1.165, 1.54) is 7.05 Å². The molecule has 0 saturated carbocycles. The van der Waals surface area contributed by atoms with Gasteiger partial charge < -0.3 is 5.32 Å². The number of carbonyl (C=O) groups excluding carboxylic acids is 1. The summed E-state index contributed by atoms with van der Waals surface area (Å²) < 4.78 is 26.4. The van der Waals surface area contributed by atoms with Gasteiger partial charge in [-0.25, -0.2) is 8.42 Å². The Bertz CT molecular complexity index is 843. The normalized spacial score (nSPS) is 11.5. The van der Waals surface area contributed by atoms with Crippen LogP contribution in [0.3, 0.4) is 0 Å². The first-order chi connectivity index (χ1) is 11.2. The number of sulfonamides is 1. The van der Waals surface area contributed by atoms with Crippen molar-refractivity contribution in [3.05, 3.63) is 59.2 Å². The summed E-state index contributed by atoms with van der Waals surface area (Å²) in [5.41, 5.74) is 3.24. The molecule has 0 saturated heterocycles. The highest BCUT2D eigenvalue weighted by molar-refractivity contribution is 7.89. The van der Waals surface area contributed by atoms with Crippen molar-refractivity contribution < 1.29 is 13.2 Å². The third-order valence-electron chi connectivity index (χ3n) is 3.73. The zero-order chi connectivity index (χ0) is 17.9. The molecule has 0 fully saturated rings. The van der Waals surface area contributed by atoms with Crippen LogP contribution in [0.5, 0.6) is 0 Å². The number of hydrogen-bond acceptors (Lipinski definition) is 3. The molecule has 128 valence electrons. The molecule has 0 unspecified atom stereocenters. The van der Waals surface area contributed by atoms with E-state index in [4.69, 9.17) is 0 Å². The average Bonchev–Trinajstić information content (AvgIpc) is 2.51. The summed E-state index contributed by atoms with van der Waals surface area (Å²) in [7, 11) is -2.31. The van der Waals surface area contributed by atoms with Crippen molar-refractivity contribution in [3.8, 4) is 0 Å². The summed E-state index contributed by atoms with van der Waals surface area (Å²) in [5, 5.41) is 2.70. The minimum Gasteiger partial charge on any atom is -0.325 e. The minimum atomic E-state index is -3.71. The van der Waals surface area contributed by atoms with E-state index in [1.807, 2.05) is 32.0 Å². The van der Waals surface area contributed by atoms with E-state index in [1.54, 1.807) is 31.2 Å². The summed E-state index contributed by atoms with van der Waals surface area (Å²) in [6.45, 7) is 5.29. The van der Waals surface area contributed by atoms with E-state index in [2.05, 4.69) is 5.32 Å². The van der Waals surface area contributed by atoms with Crippen molar-refractivity contribution in [3.63, 3.8) is 0 Å². The van der Waals surface area contributed by atoms with Gasteiger partial charge in [0.1, 0.15) is 0 Å². The summed E-state index contributed by atoms with van der Waals surface area (Å²) in [4.78, 5) is 12.4. The number of rotatable bonds is 5. The van der Waals surface area contributed by atoms with Gasteiger partial charge in [-0.2, -0.15) is 4.31 Å². The van der Waals surface area contributed by atoms with Crippen LogP contribution in [0.2, 0.25) is 0 Å². The van der Waals surface area contributed by atoms with Gasteiger partial charge in [-0.05, 0) is 50.1 Å². The number of amides is 1. The molecule has 2 aromatic carbocycles. The van der Waals surface area contributed by atoms with Crippen LogP contribution < -0.4 is 5.32 Å². The number of nitrogens with zero attached hydrogens (tertiary/aromatic N) is 1. The fourth-order valence-electron chi connectivity index (χ4n) is 2.28. The zero-order valence-corrected chi connectivity index (χ0v) is 15.1. The van der Waals surface area contributed by atoms with Crippen molar-refractivity contribution in [2.75, 3.05) is 18.9 Å². The zero-order valence-electron chi connectivity index (χ0n) is 14.3. The smallest absolute Gasteiger partial charge is 0.243 e. The topological polar surface area (TPSA) is 66.5 Å². The van der Waals surface area contributed by atoms with Crippen LogP contribution in [0, 0.1) is 20.8 Å². The number of benzene rings is 2. The van der Waals surface area contributed by atoms with Gasteiger partial charge in [-0.15, -0.1) is 0 Å². The predicted octanol–water partition coefficient (Wildman–Crippen LogP) is 2.87. The molecule has 0 aliphatic heterocycles. The van der Waals surface area contributed by atoms with E-state index >= 15 is 0 Å². The van der Waals surface area contributed by atoms with E-state index in [0.717, 1.165) is 15.4 Å². The van der Waals surface area contributed by atoms with Gasteiger partial charge in [0.05, 0.1) is 11.4 Å². The van der Waals surface area contributed by atoms with Gasteiger partial charge in [0.25, 0.3) is 0 Å². The van der Waals surface area contributed by atoms with Crippen LogP contribution in [0.15, 0.2) is 47.4 Å². The number of likely N-dealkylation sites (N-methyl/N-ethyl adjacent to an activating group) is 1. The van der Waals surface area contributed by atoms with Crippen LogP contribution in [0.1, 0.15) is 16.7 Å². The Labute approximate surface area is 143 Å². The quantitative estimate of drug-likeness (QED) is 0.905. The van der Waals surface area contributed by atoms with Crippen molar-refractivity contribution in [2.45, 2.75) is 25.7 Å². The van der Waals surface area contributed by atoms with Gasteiger partial charge in [0.15, 0.2) is 0 Å². The van der Waals surface area contributed by atoms with Crippen LogP contribution in [0.25, 0.3) is 0 Å². The maximum absolute atomic E-state index is 12.7. The molecule has 0 atom stereocenters. The van der Waals surface area contributed by atoms with Crippen molar-refractivity contribution >= 4 is 21.6 Å². The highest BCUT2D eigenvalue weighted by Gasteiger charge is 2.24. The molecule has 2 rings (SSSR count). The first-order valence-corrected chi connectivity index (χ1v) is 9.04. The Hall–Kier alpha value is -2.18. The highest BCUT2D eigenvalue weighted by atomic mass is 32.2. The van der Waals surface area contributed by atoms with Gasteiger partial charge in [0.2, 0.25) is 15.9 Å². The standard InChI is InChI=1S/C18H22N2O3S/c1-13-6-9-16(10-7-13)19-18(21)12-20(4)24(22,23)17-11-14(2)5-8-15(17)3/h5-11H,12H2,1-4H3,(H,19,21). The van der Waals surface area contributed by atoms with Crippen LogP contribution >= 0.6 is 0 Å². The number of hydrogen-bond donors (Lipinski definition) is 1. The molecule has 0 aromatic heterocycles. The molecule has 6 heteroatoms. The maximum atomic E-state index is 12.7. The molecule has 0 aliphatic rings. The molecular weight excluding hydrogens is 324 g/mol. The Kier molecular flexibility index (Phi) is 5.41. The van der Waals surface area contributed by atoms with E-state index < -0.39 is 10.0 Å². The SMILES string of the molecule is Cc1ccc(NC(=O)CN(C)S(=O)(=O)c2cc(C)ccc2C)cc1. The largest absolute Gasteiger partial charge is 0.325 e. The van der Waals surface area contributed by atoms with Crippen LogP contribution in [-0.4, -0.2) is 32.2 Å². The molecular formula is C18H22N2O3S. The molecule has 2 aromatic rings. The highest BCUT2D eigenvalue weighted by Crippen LogP contribution is 2.20. The first kappa shape index (κ1) is 18.2. The van der Waals surface area contributed by atoms with Gasteiger partial charge >= 0.3 is 0 Å². The number of carbonyl (C=O) groups is 1. The lowest BCUT2D eigenvalue weighted by Crippen LogP contribution is -2.35. The van der Waals surface area contributed by atoms with Crippen molar-refractivity contribution in [1.82, 2.24) is 4.31 Å². The third-order valence-corrected chi connectivity index (χ3v) is 5.68. The second-order valence-corrected chi connectivity index (χ2v) is 7.96. The molecule has 0 radical (unpaired) electrons. The number of anilines is 1. The lowest BCUT2D eigenvalue weighted by Gasteiger charge is -2.18. The lowest BCUT2D eigenvalue weighted by atomic mass is 10.2.